The van der Waals surface area contributed by atoms with Gasteiger partial charge in [0.25, 0.3) is 0 Å². The summed E-state index contributed by atoms with van der Waals surface area (Å²) in [6, 6.07) is 12.1. The second kappa shape index (κ2) is 8.47. The Morgan fingerprint density at radius 1 is 1.29 bits per heavy atom. The van der Waals surface area contributed by atoms with Crippen molar-refractivity contribution >= 4 is 11.6 Å². The number of nitrogen functional groups attached to an aromatic ring is 1. The number of rotatable bonds is 6. The van der Waals surface area contributed by atoms with Gasteiger partial charge in [0.05, 0.1) is 31.7 Å². The molecule has 5 heterocycles. The largest absolute Gasteiger partial charge is 0.399 e. The maximum absolute atomic E-state index is 12.8. The standard InChI is InChI=1S/C23H27N7O/c24-19-5-1-4-18(9-19)22-15-30(28-27-22)13-20-10-17-6-8-29(20)14-21(17)23(31)26-12-16-3-2-7-25-11-16/h1-5,7,9,11,15,17,20-21H,6,8,10,12-14,24H2,(H,26,31)/p+1/t17-,20-,21+/m1/s1. The number of hydrogen-bond acceptors (Lipinski definition) is 5. The van der Waals surface area contributed by atoms with Crippen LogP contribution >= 0.6 is 0 Å². The summed E-state index contributed by atoms with van der Waals surface area (Å²) < 4.78 is 1.94. The Morgan fingerprint density at radius 2 is 2.23 bits per heavy atom. The molecule has 3 saturated heterocycles. The lowest BCUT2D eigenvalue weighted by molar-refractivity contribution is -0.945. The normalized spacial score (nSPS) is 24.8. The first-order chi connectivity index (χ1) is 15.2. The molecule has 2 aromatic heterocycles. The van der Waals surface area contributed by atoms with Crippen LogP contribution in [0.15, 0.2) is 55.0 Å². The third-order valence-electron chi connectivity index (χ3n) is 6.71. The summed E-state index contributed by atoms with van der Waals surface area (Å²) >= 11 is 0. The zero-order chi connectivity index (χ0) is 21.2. The summed E-state index contributed by atoms with van der Waals surface area (Å²) in [7, 11) is 0. The Kier molecular flexibility index (Phi) is 5.38. The molecule has 2 bridgehead atoms. The minimum absolute atomic E-state index is 0.0928. The number of nitrogens with two attached hydrogens (primary N) is 1. The fourth-order valence-electron chi connectivity index (χ4n) is 5.09. The lowest BCUT2D eigenvalue weighted by Gasteiger charge is -2.46. The average Bonchev–Trinajstić information content (AvgIpc) is 3.27. The first-order valence-corrected chi connectivity index (χ1v) is 10.9. The van der Waals surface area contributed by atoms with Gasteiger partial charge in [0.1, 0.15) is 11.7 Å². The van der Waals surface area contributed by atoms with Gasteiger partial charge in [0.15, 0.2) is 0 Å². The zero-order valence-electron chi connectivity index (χ0n) is 17.4. The number of pyridine rings is 1. The van der Waals surface area contributed by atoms with Crippen molar-refractivity contribution in [1.29, 1.82) is 0 Å². The number of anilines is 1. The quantitative estimate of drug-likeness (QED) is 0.507. The van der Waals surface area contributed by atoms with Crippen LogP contribution in [-0.2, 0) is 17.9 Å². The number of fused-ring (bicyclic) bond motifs is 3. The van der Waals surface area contributed by atoms with Crippen molar-refractivity contribution in [3.8, 4) is 11.3 Å². The lowest BCUT2D eigenvalue weighted by atomic mass is 9.75. The van der Waals surface area contributed by atoms with Gasteiger partial charge in [-0.25, -0.2) is 4.68 Å². The van der Waals surface area contributed by atoms with Crippen LogP contribution < -0.4 is 16.0 Å². The van der Waals surface area contributed by atoms with E-state index >= 15 is 0 Å². The SMILES string of the molecule is Nc1cccc(-c2cn(C[C@H]3C[C@H]4CC[NH+]3C[C@@H]4C(=O)NCc3cccnc3)nn2)c1. The van der Waals surface area contributed by atoms with Crippen LogP contribution in [-0.4, -0.2) is 45.0 Å². The molecule has 3 fully saturated rings. The molecule has 3 aliphatic rings. The molecule has 3 aromatic rings. The van der Waals surface area contributed by atoms with Crippen molar-refractivity contribution in [1.82, 2.24) is 25.3 Å². The summed E-state index contributed by atoms with van der Waals surface area (Å²) in [5, 5.41) is 11.8. The van der Waals surface area contributed by atoms with Crippen LogP contribution in [0.2, 0.25) is 0 Å². The van der Waals surface area contributed by atoms with E-state index < -0.39 is 0 Å². The van der Waals surface area contributed by atoms with E-state index in [0.29, 0.717) is 18.5 Å². The summed E-state index contributed by atoms with van der Waals surface area (Å²) in [4.78, 5) is 18.4. The van der Waals surface area contributed by atoms with Gasteiger partial charge in [-0.1, -0.05) is 23.4 Å². The Hall–Kier alpha value is -3.26. The molecule has 1 aromatic carbocycles. The van der Waals surface area contributed by atoms with E-state index in [1.165, 1.54) is 4.90 Å². The molecule has 3 aliphatic heterocycles. The second-order valence-corrected chi connectivity index (χ2v) is 8.73. The first kappa shape index (κ1) is 19.7. The fraction of sp³-hybridized carbons (Fsp3) is 0.391. The molecule has 8 nitrogen and oxygen atoms in total. The molecule has 4 atom stereocenters. The van der Waals surface area contributed by atoms with Gasteiger partial charge < -0.3 is 16.0 Å². The highest BCUT2D eigenvalue weighted by Crippen LogP contribution is 2.28. The topological polar surface area (TPSA) is 103 Å². The molecule has 31 heavy (non-hydrogen) atoms. The van der Waals surface area contributed by atoms with Gasteiger partial charge in [-0.05, 0) is 29.7 Å². The summed E-state index contributed by atoms with van der Waals surface area (Å²) in [6.45, 7) is 3.38. The number of aromatic nitrogens is 4. The maximum Gasteiger partial charge on any atom is 0.229 e. The molecule has 0 spiro atoms. The second-order valence-electron chi connectivity index (χ2n) is 8.73. The Labute approximate surface area is 181 Å². The van der Waals surface area contributed by atoms with Crippen LogP contribution in [0.4, 0.5) is 5.69 Å². The van der Waals surface area contributed by atoms with Crippen molar-refractivity contribution in [2.45, 2.75) is 32.0 Å². The average molecular weight is 419 g/mol. The van der Waals surface area contributed by atoms with E-state index in [9.17, 15) is 4.79 Å². The van der Waals surface area contributed by atoms with E-state index in [0.717, 1.165) is 55.0 Å². The van der Waals surface area contributed by atoms with Crippen molar-refractivity contribution < 1.29 is 9.69 Å². The highest BCUT2D eigenvalue weighted by atomic mass is 16.1. The number of hydrogen-bond donors (Lipinski definition) is 3. The van der Waals surface area contributed by atoms with Gasteiger partial charge in [-0.15, -0.1) is 5.10 Å². The fourth-order valence-corrected chi connectivity index (χ4v) is 5.09. The molecule has 0 aliphatic carbocycles. The molecule has 0 radical (unpaired) electrons. The highest BCUT2D eigenvalue weighted by molar-refractivity contribution is 5.79. The third-order valence-corrected chi connectivity index (χ3v) is 6.71. The highest BCUT2D eigenvalue weighted by Gasteiger charge is 2.46. The molecule has 0 saturated carbocycles. The predicted molar refractivity (Wildman–Crippen MR) is 117 cm³/mol. The summed E-state index contributed by atoms with van der Waals surface area (Å²) in [5.74, 6) is 0.706. The molecule has 4 N–H and O–H groups in total. The number of carbonyl (C=O) groups excluding carboxylic acids is 1. The van der Waals surface area contributed by atoms with Crippen LogP contribution in [0.5, 0.6) is 0 Å². The molecule has 1 unspecified atom stereocenters. The zero-order valence-corrected chi connectivity index (χ0v) is 17.4. The Bertz CT molecular complexity index is 1050. The minimum atomic E-state index is 0.0928. The number of piperidine rings is 3. The van der Waals surface area contributed by atoms with E-state index in [2.05, 4.69) is 20.6 Å². The van der Waals surface area contributed by atoms with Gasteiger partial charge in [0.2, 0.25) is 5.91 Å². The maximum atomic E-state index is 12.8. The minimum Gasteiger partial charge on any atom is -0.399 e. The molecule has 160 valence electrons. The molecular weight excluding hydrogens is 390 g/mol. The molecular formula is C23H28N7O+. The van der Waals surface area contributed by atoms with E-state index in [1.807, 2.05) is 47.3 Å². The van der Waals surface area contributed by atoms with Crippen molar-refractivity contribution in [2.24, 2.45) is 11.8 Å². The van der Waals surface area contributed by atoms with Crippen LogP contribution in [0.3, 0.4) is 0 Å². The number of carbonyl (C=O) groups is 1. The first-order valence-electron chi connectivity index (χ1n) is 10.9. The number of nitrogens with zero attached hydrogens (tertiary/aromatic N) is 4. The molecule has 1 amide bonds. The van der Waals surface area contributed by atoms with E-state index in [1.54, 1.807) is 12.4 Å². The third kappa shape index (κ3) is 4.29. The Morgan fingerprint density at radius 3 is 3.00 bits per heavy atom. The van der Waals surface area contributed by atoms with E-state index in [4.69, 9.17) is 5.73 Å². The van der Waals surface area contributed by atoms with Crippen molar-refractivity contribution in [2.75, 3.05) is 18.8 Å². The van der Waals surface area contributed by atoms with E-state index in [-0.39, 0.29) is 11.8 Å². The predicted octanol–water partition coefficient (Wildman–Crippen LogP) is 0.532. The summed E-state index contributed by atoms with van der Waals surface area (Å²) in [5.41, 5.74) is 9.47. The Balaban J connectivity index is 1.19. The smallest absolute Gasteiger partial charge is 0.229 e. The van der Waals surface area contributed by atoms with Gasteiger partial charge in [-0.2, -0.15) is 0 Å². The number of amides is 1. The van der Waals surface area contributed by atoms with Gasteiger partial charge in [-0.3, -0.25) is 9.78 Å². The van der Waals surface area contributed by atoms with Crippen molar-refractivity contribution in [3.05, 3.63) is 60.6 Å². The number of benzene rings is 1. The molecule has 6 rings (SSSR count). The summed E-state index contributed by atoms with van der Waals surface area (Å²) in [6.07, 6.45) is 7.70. The molecule has 8 heteroatoms. The van der Waals surface area contributed by atoms with Crippen LogP contribution in [0.25, 0.3) is 11.3 Å². The van der Waals surface area contributed by atoms with Crippen LogP contribution in [0.1, 0.15) is 18.4 Å². The van der Waals surface area contributed by atoms with Crippen molar-refractivity contribution in [3.63, 3.8) is 0 Å². The number of quaternary nitrogens is 1. The lowest BCUT2D eigenvalue weighted by Crippen LogP contribution is -3.20. The van der Waals surface area contributed by atoms with Gasteiger partial charge in [0, 0.05) is 43.0 Å². The van der Waals surface area contributed by atoms with Gasteiger partial charge >= 0.3 is 0 Å². The monoisotopic (exact) mass is 418 g/mol. The number of nitrogens with one attached hydrogen (secondary N) is 2. The van der Waals surface area contributed by atoms with Crippen LogP contribution in [0, 0.1) is 11.8 Å².